The summed E-state index contributed by atoms with van der Waals surface area (Å²) in [4.78, 5) is 0. The molecule has 1 atom stereocenters. The number of methoxy groups -OCH3 is 1. The summed E-state index contributed by atoms with van der Waals surface area (Å²) in [7, 11) is 1.52. The molecule has 0 aliphatic carbocycles. The summed E-state index contributed by atoms with van der Waals surface area (Å²) in [5, 5.41) is 10.2. The van der Waals surface area contributed by atoms with Gasteiger partial charge in [-0.1, -0.05) is 29.8 Å². The lowest BCUT2D eigenvalue weighted by Gasteiger charge is -2.15. The summed E-state index contributed by atoms with van der Waals surface area (Å²) in [6.07, 6.45) is -0.858. The van der Waals surface area contributed by atoms with Gasteiger partial charge in [0.25, 0.3) is 0 Å². The molecule has 0 saturated heterocycles. The summed E-state index contributed by atoms with van der Waals surface area (Å²) in [5.41, 5.74) is 0.903. The van der Waals surface area contributed by atoms with Gasteiger partial charge in [-0.25, -0.2) is 8.78 Å². The molecule has 0 aliphatic heterocycles. The highest BCUT2D eigenvalue weighted by atomic mass is 35.5. The molecule has 0 amide bonds. The zero-order valence-corrected chi connectivity index (χ0v) is 11.5. The van der Waals surface area contributed by atoms with Gasteiger partial charge in [-0.3, -0.25) is 0 Å². The Balaban J connectivity index is 2.28. The van der Waals surface area contributed by atoms with E-state index < -0.39 is 17.7 Å². The second-order valence-electron chi connectivity index (χ2n) is 4.32. The fraction of sp³-hybridized carbons (Fsp3) is 0.200. The van der Waals surface area contributed by atoms with Gasteiger partial charge in [-0.15, -0.1) is 0 Å². The van der Waals surface area contributed by atoms with Crippen molar-refractivity contribution in [2.45, 2.75) is 12.5 Å². The van der Waals surface area contributed by atoms with Gasteiger partial charge < -0.3 is 9.84 Å². The van der Waals surface area contributed by atoms with Crippen molar-refractivity contribution in [2.75, 3.05) is 7.11 Å². The van der Waals surface area contributed by atoms with Crippen molar-refractivity contribution in [1.82, 2.24) is 0 Å². The van der Waals surface area contributed by atoms with E-state index in [0.29, 0.717) is 5.75 Å². The molecule has 0 bridgehead atoms. The van der Waals surface area contributed by atoms with Gasteiger partial charge in [-0.05, 0) is 23.8 Å². The van der Waals surface area contributed by atoms with Crippen molar-refractivity contribution in [3.63, 3.8) is 0 Å². The third kappa shape index (κ3) is 3.08. The molecule has 0 heterocycles. The molecule has 5 heteroatoms. The molecule has 0 saturated carbocycles. The Morgan fingerprint density at radius 2 is 1.85 bits per heavy atom. The molecule has 0 radical (unpaired) electrons. The normalized spacial score (nSPS) is 12.2. The Morgan fingerprint density at radius 1 is 1.20 bits per heavy atom. The minimum absolute atomic E-state index is 0.00806. The Labute approximate surface area is 120 Å². The van der Waals surface area contributed by atoms with Crippen molar-refractivity contribution in [3.05, 3.63) is 64.2 Å². The molecule has 106 valence electrons. The number of hydrogen-bond donors (Lipinski definition) is 1. The third-order valence-corrected chi connectivity index (χ3v) is 3.33. The zero-order chi connectivity index (χ0) is 14.7. The van der Waals surface area contributed by atoms with E-state index >= 15 is 0 Å². The minimum atomic E-state index is -1.05. The molecule has 0 aliphatic rings. The molecule has 2 aromatic rings. The highest BCUT2D eigenvalue weighted by molar-refractivity contribution is 6.31. The largest absolute Gasteiger partial charge is 0.496 e. The van der Waals surface area contributed by atoms with Gasteiger partial charge in [0, 0.05) is 17.0 Å². The Bertz CT molecular complexity index is 617. The monoisotopic (exact) mass is 298 g/mol. The van der Waals surface area contributed by atoms with E-state index in [-0.39, 0.29) is 17.0 Å². The summed E-state index contributed by atoms with van der Waals surface area (Å²) in [5.74, 6) is -1.46. The van der Waals surface area contributed by atoms with E-state index in [2.05, 4.69) is 0 Å². The molecular formula is C15H13ClF2O2. The topological polar surface area (TPSA) is 29.5 Å². The summed E-state index contributed by atoms with van der Waals surface area (Å²) < 4.78 is 31.4. The average Bonchev–Trinajstić information content (AvgIpc) is 2.43. The quantitative estimate of drug-likeness (QED) is 0.867. The molecule has 1 N–H and O–H groups in total. The lowest BCUT2D eigenvalue weighted by Crippen LogP contribution is -2.05. The van der Waals surface area contributed by atoms with Crippen molar-refractivity contribution in [3.8, 4) is 5.75 Å². The van der Waals surface area contributed by atoms with E-state index in [0.717, 1.165) is 17.7 Å². The maximum atomic E-state index is 13.2. The zero-order valence-electron chi connectivity index (χ0n) is 10.7. The number of para-hydroxylation sites is 1. The molecule has 2 aromatic carbocycles. The van der Waals surface area contributed by atoms with Crippen molar-refractivity contribution in [2.24, 2.45) is 0 Å². The van der Waals surface area contributed by atoms with Crippen LogP contribution in [0.4, 0.5) is 8.78 Å². The fourth-order valence-corrected chi connectivity index (χ4v) is 2.26. The number of benzene rings is 2. The standard InChI is InChI=1S/C15H13ClF2O2/c1-20-15-5-3-2-4-9(15)6-14(19)10-7-12(17)13(18)8-11(10)16/h2-5,7-8,14,19H,6H2,1H3. The predicted molar refractivity (Wildman–Crippen MR) is 73.0 cm³/mol. The molecule has 2 rings (SSSR count). The first kappa shape index (κ1) is 14.8. The van der Waals surface area contributed by atoms with Crippen LogP contribution in [-0.4, -0.2) is 12.2 Å². The number of aliphatic hydroxyl groups excluding tert-OH is 1. The molecule has 0 spiro atoms. The number of rotatable bonds is 4. The van der Waals surface area contributed by atoms with Gasteiger partial charge in [0.15, 0.2) is 11.6 Å². The maximum Gasteiger partial charge on any atom is 0.160 e. The van der Waals surface area contributed by atoms with Crippen LogP contribution in [0.3, 0.4) is 0 Å². The molecule has 20 heavy (non-hydrogen) atoms. The van der Waals surface area contributed by atoms with Crippen LogP contribution < -0.4 is 4.74 Å². The van der Waals surface area contributed by atoms with Gasteiger partial charge in [0.1, 0.15) is 5.75 Å². The molecule has 0 fully saturated rings. The van der Waals surface area contributed by atoms with Gasteiger partial charge in [-0.2, -0.15) is 0 Å². The van der Waals surface area contributed by atoms with E-state index in [9.17, 15) is 13.9 Å². The van der Waals surface area contributed by atoms with Crippen LogP contribution in [0.15, 0.2) is 36.4 Å². The Hall–Kier alpha value is -1.65. The first-order chi connectivity index (χ1) is 9.52. The lowest BCUT2D eigenvalue weighted by atomic mass is 10.0. The number of aliphatic hydroxyl groups is 1. The molecule has 1 unspecified atom stereocenters. The van der Waals surface area contributed by atoms with Crippen LogP contribution in [0.25, 0.3) is 0 Å². The lowest BCUT2D eigenvalue weighted by molar-refractivity contribution is 0.176. The van der Waals surface area contributed by atoms with Crippen LogP contribution in [0.2, 0.25) is 5.02 Å². The molecular weight excluding hydrogens is 286 g/mol. The van der Waals surface area contributed by atoms with E-state index in [1.165, 1.54) is 7.11 Å². The Kier molecular flexibility index (Phi) is 4.57. The van der Waals surface area contributed by atoms with Gasteiger partial charge >= 0.3 is 0 Å². The van der Waals surface area contributed by atoms with Crippen LogP contribution in [0.1, 0.15) is 17.2 Å². The van der Waals surface area contributed by atoms with Crippen LogP contribution in [0.5, 0.6) is 5.75 Å². The highest BCUT2D eigenvalue weighted by Gasteiger charge is 2.17. The van der Waals surface area contributed by atoms with E-state index in [1.54, 1.807) is 24.3 Å². The Morgan fingerprint density at radius 3 is 2.55 bits per heavy atom. The summed E-state index contributed by atoms with van der Waals surface area (Å²) in [6, 6.07) is 8.93. The van der Waals surface area contributed by atoms with Crippen LogP contribution in [0, 0.1) is 11.6 Å². The maximum absolute atomic E-state index is 13.2. The molecule has 0 aromatic heterocycles. The summed E-state index contributed by atoms with van der Waals surface area (Å²) >= 11 is 5.84. The predicted octanol–water partition coefficient (Wildman–Crippen LogP) is 3.90. The second kappa shape index (κ2) is 6.20. The first-order valence-corrected chi connectivity index (χ1v) is 6.35. The first-order valence-electron chi connectivity index (χ1n) is 5.97. The number of hydrogen-bond acceptors (Lipinski definition) is 2. The fourth-order valence-electron chi connectivity index (χ4n) is 1.98. The van der Waals surface area contributed by atoms with Crippen LogP contribution >= 0.6 is 11.6 Å². The van der Waals surface area contributed by atoms with Crippen LogP contribution in [-0.2, 0) is 6.42 Å². The molecule has 2 nitrogen and oxygen atoms in total. The number of halogens is 3. The minimum Gasteiger partial charge on any atom is -0.496 e. The highest BCUT2D eigenvalue weighted by Crippen LogP contribution is 2.30. The smallest absolute Gasteiger partial charge is 0.160 e. The van der Waals surface area contributed by atoms with Gasteiger partial charge in [0.05, 0.1) is 13.2 Å². The van der Waals surface area contributed by atoms with Crippen molar-refractivity contribution >= 4 is 11.6 Å². The van der Waals surface area contributed by atoms with E-state index in [4.69, 9.17) is 16.3 Å². The summed E-state index contributed by atoms with van der Waals surface area (Å²) in [6.45, 7) is 0. The SMILES string of the molecule is COc1ccccc1CC(O)c1cc(F)c(F)cc1Cl. The van der Waals surface area contributed by atoms with Crippen molar-refractivity contribution < 1.29 is 18.6 Å². The van der Waals surface area contributed by atoms with E-state index in [1.807, 2.05) is 0 Å². The van der Waals surface area contributed by atoms with Crippen molar-refractivity contribution in [1.29, 1.82) is 0 Å². The average molecular weight is 299 g/mol. The second-order valence-corrected chi connectivity index (χ2v) is 4.73. The third-order valence-electron chi connectivity index (χ3n) is 3.00. The van der Waals surface area contributed by atoms with Gasteiger partial charge in [0.2, 0.25) is 0 Å². The number of ether oxygens (including phenoxy) is 1.